The number of carbonyl (C=O) groups is 1. The van der Waals surface area contributed by atoms with Gasteiger partial charge in [0.15, 0.2) is 5.78 Å². The minimum atomic E-state index is -1.02. The van der Waals surface area contributed by atoms with Gasteiger partial charge in [0.25, 0.3) is 0 Å². The average Bonchev–Trinajstić information content (AvgIpc) is 2.17. The second-order valence-corrected chi connectivity index (χ2v) is 3.73. The van der Waals surface area contributed by atoms with Gasteiger partial charge < -0.3 is 5.11 Å². The molecule has 2 nitrogen and oxygen atoms in total. The van der Waals surface area contributed by atoms with E-state index >= 15 is 0 Å². The first kappa shape index (κ1) is 10.3. The maximum atomic E-state index is 11.5. The van der Waals surface area contributed by atoms with Crippen LogP contribution in [0.3, 0.4) is 0 Å². The molecule has 2 atom stereocenters. The fourth-order valence-corrected chi connectivity index (χ4v) is 1.13. The third-order valence-corrected chi connectivity index (χ3v) is 2.07. The first-order valence-corrected chi connectivity index (χ1v) is 4.60. The highest BCUT2D eigenvalue weighted by atomic mass is 32.1. The molecule has 0 saturated carbocycles. The lowest BCUT2D eigenvalue weighted by atomic mass is 10.0. The Balaban J connectivity index is 2.80. The predicted octanol–water partition coefficient (Wildman–Crippen LogP) is 1.55. The molecule has 0 bridgehead atoms. The predicted molar refractivity (Wildman–Crippen MR) is 55.2 cm³/mol. The Hall–Kier alpha value is -0.800. The Morgan fingerprint density at radius 3 is 2.38 bits per heavy atom. The van der Waals surface area contributed by atoms with Gasteiger partial charge in [0.2, 0.25) is 0 Å². The summed E-state index contributed by atoms with van der Waals surface area (Å²) < 4.78 is 0. The van der Waals surface area contributed by atoms with Gasteiger partial charge in [-0.05, 0) is 0 Å². The maximum absolute atomic E-state index is 11.5. The first-order valence-electron chi connectivity index (χ1n) is 4.08. The van der Waals surface area contributed by atoms with Crippen molar-refractivity contribution in [2.75, 3.05) is 0 Å². The minimum Gasteiger partial charge on any atom is -0.384 e. The molecule has 3 heteroatoms. The Morgan fingerprint density at radius 2 is 1.92 bits per heavy atom. The zero-order valence-electron chi connectivity index (χ0n) is 7.34. The highest BCUT2D eigenvalue weighted by molar-refractivity contribution is 7.81. The smallest absolute Gasteiger partial charge is 0.192 e. The summed E-state index contributed by atoms with van der Waals surface area (Å²) in [6.45, 7) is 1.69. The Morgan fingerprint density at radius 1 is 1.38 bits per heavy atom. The maximum Gasteiger partial charge on any atom is 0.192 e. The standard InChI is InChI=1S/C10H12O2S/c1-7(13)9(11)10(12)8-5-3-2-4-6-8/h2-7,9,11,13H,1H3. The van der Waals surface area contributed by atoms with Gasteiger partial charge in [0.1, 0.15) is 6.10 Å². The molecule has 0 aliphatic heterocycles. The number of Topliss-reactive ketones (excluding diaryl/α,β-unsaturated/α-hetero) is 1. The van der Waals surface area contributed by atoms with Gasteiger partial charge in [-0.25, -0.2) is 0 Å². The fraction of sp³-hybridized carbons (Fsp3) is 0.300. The molecule has 0 heterocycles. The van der Waals surface area contributed by atoms with Crippen LogP contribution in [0.2, 0.25) is 0 Å². The van der Waals surface area contributed by atoms with Crippen LogP contribution in [0.25, 0.3) is 0 Å². The second kappa shape index (κ2) is 4.44. The number of aliphatic hydroxyl groups excluding tert-OH is 1. The minimum absolute atomic E-state index is 0.275. The number of benzene rings is 1. The highest BCUT2D eigenvalue weighted by Gasteiger charge is 2.20. The molecular weight excluding hydrogens is 184 g/mol. The molecule has 0 saturated heterocycles. The molecule has 0 aliphatic rings. The Labute approximate surface area is 83.0 Å². The number of hydrogen-bond donors (Lipinski definition) is 2. The summed E-state index contributed by atoms with van der Waals surface area (Å²) in [7, 11) is 0. The Kier molecular flexibility index (Phi) is 3.51. The van der Waals surface area contributed by atoms with E-state index < -0.39 is 6.10 Å². The van der Waals surface area contributed by atoms with Crippen molar-refractivity contribution in [1.82, 2.24) is 0 Å². The van der Waals surface area contributed by atoms with Crippen molar-refractivity contribution in [1.29, 1.82) is 0 Å². The van der Waals surface area contributed by atoms with Gasteiger partial charge in [0.05, 0.1) is 0 Å². The van der Waals surface area contributed by atoms with Crippen molar-refractivity contribution < 1.29 is 9.90 Å². The van der Waals surface area contributed by atoms with Crippen LogP contribution in [0.5, 0.6) is 0 Å². The van der Waals surface area contributed by atoms with Gasteiger partial charge in [-0.15, -0.1) is 0 Å². The molecule has 0 radical (unpaired) electrons. The van der Waals surface area contributed by atoms with E-state index in [1.807, 2.05) is 6.07 Å². The van der Waals surface area contributed by atoms with E-state index in [0.717, 1.165) is 0 Å². The van der Waals surface area contributed by atoms with Crippen molar-refractivity contribution >= 4 is 18.4 Å². The van der Waals surface area contributed by atoms with Gasteiger partial charge in [-0.2, -0.15) is 12.6 Å². The number of ketones is 1. The van der Waals surface area contributed by atoms with Crippen LogP contribution in [0, 0.1) is 0 Å². The van der Waals surface area contributed by atoms with Crippen LogP contribution in [-0.2, 0) is 0 Å². The van der Waals surface area contributed by atoms with Gasteiger partial charge in [-0.1, -0.05) is 37.3 Å². The molecule has 0 amide bonds. The molecule has 2 unspecified atom stereocenters. The zero-order valence-corrected chi connectivity index (χ0v) is 8.24. The third-order valence-electron chi connectivity index (χ3n) is 1.78. The summed E-state index contributed by atoms with van der Waals surface area (Å²) in [4.78, 5) is 11.5. The summed E-state index contributed by atoms with van der Waals surface area (Å²) >= 11 is 4.01. The van der Waals surface area contributed by atoms with Crippen molar-refractivity contribution in [2.45, 2.75) is 18.3 Å². The molecule has 1 aromatic rings. The summed E-state index contributed by atoms with van der Waals surface area (Å²) in [6, 6.07) is 8.73. The molecule has 0 aromatic heterocycles. The summed E-state index contributed by atoms with van der Waals surface area (Å²) in [5.41, 5.74) is 0.524. The van der Waals surface area contributed by atoms with Crippen LogP contribution in [0.15, 0.2) is 30.3 Å². The monoisotopic (exact) mass is 196 g/mol. The number of aliphatic hydroxyl groups is 1. The number of thiol groups is 1. The fourth-order valence-electron chi connectivity index (χ4n) is 0.992. The van der Waals surface area contributed by atoms with Crippen molar-refractivity contribution in [3.63, 3.8) is 0 Å². The van der Waals surface area contributed by atoms with Crippen molar-refractivity contribution in [2.24, 2.45) is 0 Å². The molecule has 1 aromatic carbocycles. The Bertz CT molecular complexity index is 282. The highest BCUT2D eigenvalue weighted by Crippen LogP contribution is 2.09. The van der Waals surface area contributed by atoms with E-state index in [1.54, 1.807) is 31.2 Å². The van der Waals surface area contributed by atoms with Crippen LogP contribution in [0.1, 0.15) is 17.3 Å². The van der Waals surface area contributed by atoms with Crippen LogP contribution in [-0.4, -0.2) is 22.2 Å². The lowest BCUT2D eigenvalue weighted by molar-refractivity contribution is 0.0752. The zero-order chi connectivity index (χ0) is 9.84. The molecule has 70 valence electrons. The first-order chi connectivity index (χ1) is 6.13. The number of hydrogen-bond acceptors (Lipinski definition) is 3. The van der Waals surface area contributed by atoms with Gasteiger partial charge in [-0.3, -0.25) is 4.79 Å². The molecule has 13 heavy (non-hydrogen) atoms. The molecular formula is C10H12O2S. The SMILES string of the molecule is CC(S)C(O)C(=O)c1ccccc1. The van der Waals surface area contributed by atoms with Gasteiger partial charge in [0, 0.05) is 10.8 Å². The molecule has 0 aliphatic carbocycles. The third kappa shape index (κ3) is 2.57. The van der Waals surface area contributed by atoms with Crippen molar-refractivity contribution in [3.8, 4) is 0 Å². The van der Waals surface area contributed by atoms with E-state index in [2.05, 4.69) is 12.6 Å². The lowest BCUT2D eigenvalue weighted by Gasteiger charge is -2.11. The van der Waals surface area contributed by atoms with Crippen LogP contribution < -0.4 is 0 Å². The topological polar surface area (TPSA) is 37.3 Å². The largest absolute Gasteiger partial charge is 0.384 e. The van der Waals surface area contributed by atoms with E-state index in [-0.39, 0.29) is 11.0 Å². The number of rotatable bonds is 3. The normalized spacial score (nSPS) is 15.0. The molecule has 0 fully saturated rings. The van der Waals surface area contributed by atoms with Crippen molar-refractivity contribution in [3.05, 3.63) is 35.9 Å². The van der Waals surface area contributed by atoms with E-state index in [1.165, 1.54) is 0 Å². The molecule has 1 rings (SSSR count). The summed E-state index contributed by atoms with van der Waals surface area (Å²) in [6.07, 6.45) is -1.02. The summed E-state index contributed by atoms with van der Waals surface area (Å²) in [5, 5.41) is 9.08. The van der Waals surface area contributed by atoms with Gasteiger partial charge >= 0.3 is 0 Å². The van der Waals surface area contributed by atoms with Crippen LogP contribution in [0.4, 0.5) is 0 Å². The van der Waals surface area contributed by atoms with E-state index in [9.17, 15) is 9.90 Å². The quantitative estimate of drug-likeness (QED) is 0.568. The van der Waals surface area contributed by atoms with Crippen LogP contribution >= 0.6 is 12.6 Å². The van der Waals surface area contributed by atoms with E-state index in [4.69, 9.17) is 0 Å². The molecule has 0 spiro atoms. The summed E-state index contributed by atoms with van der Waals surface area (Å²) in [5.74, 6) is -0.275. The lowest BCUT2D eigenvalue weighted by Crippen LogP contribution is -2.28. The van der Waals surface area contributed by atoms with E-state index in [0.29, 0.717) is 5.56 Å². The second-order valence-electron chi connectivity index (χ2n) is 2.92. The number of carbonyl (C=O) groups excluding carboxylic acids is 1. The molecule has 1 N–H and O–H groups in total. The average molecular weight is 196 g/mol.